The van der Waals surface area contributed by atoms with Crippen LogP contribution in [0.25, 0.3) is 22.0 Å². The minimum atomic E-state index is -3.26. The third-order valence-electron chi connectivity index (χ3n) is 7.11. The second-order valence-corrected chi connectivity index (χ2v) is 11.4. The van der Waals surface area contributed by atoms with E-state index in [9.17, 15) is 13.2 Å². The molecule has 4 N–H and O–H groups in total. The zero-order valence-electron chi connectivity index (χ0n) is 19.2. The van der Waals surface area contributed by atoms with E-state index in [4.69, 9.17) is 5.73 Å². The van der Waals surface area contributed by atoms with Crippen LogP contribution in [0.5, 0.6) is 0 Å². The van der Waals surface area contributed by atoms with Crippen molar-refractivity contribution in [1.82, 2.24) is 29.6 Å². The quantitative estimate of drug-likeness (QED) is 0.446. The average Bonchev–Trinajstić information content (AvgIpc) is 3.60. The maximum absolute atomic E-state index is 12.9. The summed E-state index contributed by atoms with van der Waals surface area (Å²) in [5.74, 6) is -0.222. The van der Waals surface area contributed by atoms with Gasteiger partial charge in [0.25, 0.3) is 5.91 Å². The highest BCUT2D eigenvalue weighted by atomic mass is 32.2. The lowest BCUT2D eigenvalue weighted by atomic mass is 9.91. The van der Waals surface area contributed by atoms with Gasteiger partial charge in [0.05, 0.1) is 28.7 Å². The molecule has 0 unspecified atom stereocenters. The Kier molecular flexibility index (Phi) is 6.41. The number of piperidine rings is 1. The maximum Gasteiger partial charge on any atom is 0.250 e. The van der Waals surface area contributed by atoms with Gasteiger partial charge < -0.3 is 10.6 Å². The first-order valence-corrected chi connectivity index (χ1v) is 13.5. The molecule has 0 aliphatic carbocycles. The molecule has 0 saturated carbocycles. The number of aromatic amines is 2. The van der Waals surface area contributed by atoms with Crippen molar-refractivity contribution in [2.45, 2.75) is 38.0 Å². The molecule has 11 heteroatoms. The molecule has 3 aromatic rings. The highest BCUT2D eigenvalue weighted by Crippen LogP contribution is 2.35. The number of likely N-dealkylation sites (tertiary alicyclic amines) is 1. The van der Waals surface area contributed by atoms with E-state index in [-0.39, 0.29) is 11.7 Å². The van der Waals surface area contributed by atoms with Crippen LogP contribution in [-0.2, 0) is 10.0 Å². The van der Waals surface area contributed by atoms with E-state index in [0.717, 1.165) is 41.8 Å². The number of hydrogen-bond donors (Lipinski definition) is 3. The lowest BCUT2D eigenvalue weighted by molar-refractivity contribution is 0.100. The van der Waals surface area contributed by atoms with Gasteiger partial charge in [-0.25, -0.2) is 12.7 Å². The SMILES string of the molecule is NC(=O)c1cc(-c2cn[nH]c2)cc2c(C3CCN(S(=O)(=O)CCCN4CCCC4)CC3)n[nH]c12. The maximum atomic E-state index is 12.9. The van der Waals surface area contributed by atoms with E-state index in [1.54, 1.807) is 22.8 Å². The molecule has 2 aliphatic rings. The predicted octanol–water partition coefficient (Wildman–Crippen LogP) is 2.05. The lowest BCUT2D eigenvalue weighted by Gasteiger charge is -2.30. The predicted molar refractivity (Wildman–Crippen MR) is 130 cm³/mol. The van der Waals surface area contributed by atoms with Gasteiger partial charge in [0.2, 0.25) is 10.0 Å². The molecule has 2 aliphatic heterocycles. The Morgan fingerprint density at radius 1 is 1.12 bits per heavy atom. The number of primary amides is 1. The van der Waals surface area contributed by atoms with Crippen LogP contribution in [0.4, 0.5) is 0 Å². The Labute approximate surface area is 198 Å². The van der Waals surface area contributed by atoms with Crippen LogP contribution in [-0.4, -0.2) is 82.4 Å². The molecule has 34 heavy (non-hydrogen) atoms. The summed E-state index contributed by atoms with van der Waals surface area (Å²) in [6.45, 7) is 3.99. The van der Waals surface area contributed by atoms with Crippen LogP contribution < -0.4 is 5.73 Å². The van der Waals surface area contributed by atoms with Gasteiger partial charge in [0.15, 0.2) is 0 Å². The van der Waals surface area contributed by atoms with E-state index in [1.165, 1.54) is 12.8 Å². The second kappa shape index (κ2) is 9.47. The normalized spacial score (nSPS) is 18.7. The Morgan fingerprint density at radius 2 is 1.88 bits per heavy atom. The van der Waals surface area contributed by atoms with Gasteiger partial charge >= 0.3 is 0 Å². The first-order valence-electron chi connectivity index (χ1n) is 11.9. The van der Waals surface area contributed by atoms with Crippen molar-refractivity contribution in [3.8, 4) is 11.1 Å². The molecule has 2 fully saturated rings. The van der Waals surface area contributed by atoms with Crippen LogP contribution in [0, 0.1) is 0 Å². The number of nitrogens with one attached hydrogen (secondary N) is 2. The number of hydrogen-bond acceptors (Lipinski definition) is 6. The van der Waals surface area contributed by atoms with Gasteiger partial charge in [-0.1, -0.05) is 0 Å². The van der Waals surface area contributed by atoms with Crippen molar-refractivity contribution >= 4 is 26.8 Å². The Balaban J connectivity index is 1.30. The van der Waals surface area contributed by atoms with Crippen LogP contribution in [0.15, 0.2) is 24.5 Å². The Bertz CT molecular complexity index is 1260. The summed E-state index contributed by atoms with van der Waals surface area (Å²) in [6.07, 6.45) is 7.94. The minimum Gasteiger partial charge on any atom is -0.366 e. The summed E-state index contributed by atoms with van der Waals surface area (Å²) in [5.41, 5.74) is 9.18. The summed E-state index contributed by atoms with van der Waals surface area (Å²) >= 11 is 0. The number of sulfonamides is 1. The molecule has 5 rings (SSSR count). The summed E-state index contributed by atoms with van der Waals surface area (Å²) in [6, 6.07) is 3.74. The summed E-state index contributed by atoms with van der Waals surface area (Å²) < 4.78 is 27.4. The number of benzene rings is 1. The minimum absolute atomic E-state index is 0.102. The number of rotatable bonds is 8. The van der Waals surface area contributed by atoms with Crippen LogP contribution in [0.1, 0.15) is 54.1 Å². The van der Waals surface area contributed by atoms with Gasteiger partial charge in [-0.2, -0.15) is 10.2 Å². The highest BCUT2D eigenvalue weighted by Gasteiger charge is 2.31. The third-order valence-corrected chi connectivity index (χ3v) is 9.07. The number of carbonyl (C=O) groups excluding carboxylic acids is 1. The number of nitrogens with zero attached hydrogens (tertiary/aromatic N) is 4. The molecule has 4 heterocycles. The van der Waals surface area contributed by atoms with Crippen molar-refractivity contribution in [2.75, 3.05) is 38.5 Å². The molecule has 2 saturated heterocycles. The number of nitrogens with two attached hydrogens (primary N) is 1. The summed E-state index contributed by atoms with van der Waals surface area (Å²) in [7, 11) is -3.26. The van der Waals surface area contributed by atoms with Crippen LogP contribution >= 0.6 is 0 Å². The molecular weight excluding hydrogens is 454 g/mol. The van der Waals surface area contributed by atoms with Crippen molar-refractivity contribution in [1.29, 1.82) is 0 Å². The van der Waals surface area contributed by atoms with Gasteiger partial charge in [-0.3, -0.25) is 15.0 Å². The Morgan fingerprint density at radius 3 is 2.56 bits per heavy atom. The zero-order valence-corrected chi connectivity index (χ0v) is 20.0. The van der Waals surface area contributed by atoms with Gasteiger partial charge in [-0.15, -0.1) is 0 Å². The molecule has 1 aromatic carbocycles. The summed E-state index contributed by atoms with van der Waals surface area (Å²) in [4.78, 5) is 14.5. The monoisotopic (exact) mass is 485 g/mol. The van der Waals surface area contributed by atoms with Crippen LogP contribution in [0.3, 0.4) is 0 Å². The molecule has 0 bridgehead atoms. The topological polar surface area (TPSA) is 141 Å². The van der Waals surface area contributed by atoms with E-state index in [1.807, 2.05) is 6.07 Å². The largest absolute Gasteiger partial charge is 0.366 e. The number of carbonyl (C=O) groups is 1. The fourth-order valence-corrected chi connectivity index (χ4v) is 6.75. The van der Waals surface area contributed by atoms with E-state index >= 15 is 0 Å². The molecule has 1 amide bonds. The molecule has 0 atom stereocenters. The first kappa shape index (κ1) is 23.0. The molecule has 2 aromatic heterocycles. The molecule has 0 spiro atoms. The standard InChI is InChI=1S/C23H31N7O3S/c24-23(31)20-13-17(18-14-25-26-15-18)12-19-21(27-28-22(19)20)16-4-9-30(10-5-16)34(32,33)11-3-8-29-6-1-2-7-29/h12-16H,1-11H2,(H2,24,31)(H,25,26)(H,27,28). The van der Waals surface area contributed by atoms with Gasteiger partial charge in [0, 0.05) is 36.2 Å². The highest BCUT2D eigenvalue weighted by molar-refractivity contribution is 7.89. The molecule has 0 radical (unpaired) electrons. The number of H-pyrrole nitrogens is 2. The fourth-order valence-electron chi connectivity index (χ4n) is 5.24. The number of amides is 1. The summed E-state index contributed by atoms with van der Waals surface area (Å²) in [5, 5.41) is 15.2. The third kappa shape index (κ3) is 4.59. The van der Waals surface area contributed by atoms with Gasteiger partial charge in [0.1, 0.15) is 0 Å². The second-order valence-electron chi connectivity index (χ2n) is 9.30. The van der Waals surface area contributed by atoms with Crippen LogP contribution in [0.2, 0.25) is 0 Å². The Hall–Kier alpha value is -2.76. The fraction of sp³-hybridized carbons (Fsp3) is 0.522. The van der Waals surface area contributed by atoms with Crippen molar-refractivity contribution in [2.24, 2.45) is 5.73 Å². The van der Waals surface area contributed by atoms with E-state index < -0.39 is 15.9 Å². The van der Waals surface area contributed by atoms with Crippen molar-refractivity contribution < 1.29 is 13.2 Å². The average molecular weight is 486 g/mol. The molecule has 10 nitrogen and oxygen atoms in total. The first-order chi connectivity index (χ1) is 16.4. The molecule has 182 valence electrons. The van der Waals surface area contributed by atoms with E-state index in [2.05, 4.69) is 25.3 Å². The van der Waals surface area contributed by atoms with Crippen molar-refractivity contribution in [3.05, 3.63) is 35.8 Å². The molecular formula is C23H31N7O3S. The zero-order chi connectivity index (χ0) is 23.7. The number of fused-ring (bicyclic) bond motifs is 1. The van der Waals surface area contributed by atoms with Gasteiger partial charge in [-0.05, 0) is 69.4 Å². The van der Waals surface area contributed by atoms with Crippen molar-refractivity contribution in [3.63, 3.8) is 0 Å². The smallest absolute Gasteiger partial charge is 0.250 e. The van der Waals surface area contributed by atoms with E-state index in [0.29, 0.717) is 43.4 Å². The number of aromatic nitrogens is 4. The lowest BCUT2D eigenvalue weighted by Crippen LogP contribution is -2.39.